The molecule has 0 aliphatic carbocycles. The third-order valence-corrected chi connectivity index (χ3v) is 5.14. The van der Waals surface area contributed by atoms with Crippen molar-refractivity contribution in [3.63, 3.8) is 0 Å². The van der Waals surface area contributed by atoms with E-state index in [1.165, 1.54) is 23.3 Å². The lowest BCUT2D eigenvalue weighted by molar-refractivity contribution is 0.401. The Kier molecular flexibility index (Phi) is 9.95. The number of hydrogen-bond donors (Lipinski definition) is 2. The Morgan fingerprint density at radius 2 is 1.90 bits per heavy atom. The van der Waals surface area contributed by atoms with Crippen LogP contribution in [0.3, 0.4) is 0 Å². The van der Waals surface area contributed by atoms with Gasteiger partial charge in [-0.1, -0.05) is 24.3 Å². The van der Waals surface area contributed by atoms with Gasteiger partial charge in [-0.25, -0.2) is 13.8 Å². The van der Waals surface area contributed by atoms with Gasteiger partial charge in [-0.3, -0.25) is 0 Å². The Labute approximate surface area is 200 Å². The van der Waals surface area contributed by atoms with Gasteiger partial charge in [0.25, 0.3) is 0 Å². The second-order valence-electron chi connectivity index (χ2n) is 7.87. The molecule has 0 amide bonds. The van der Waals surface area contributed by atoms with Gasteiger partial charge in [-0.2, -0.15) is 0 Å². The van der Waals surface area contributed by atoms with E-state index in [0.717, 1.165) is 31.5 Å². The summed E-state index contributed by atoms with van der Waals surface area (Å²) in [5, 5.41) is 6.77. The number of anilines is 1. The molecular weight excluding hydrogens is 511 g/mol. The van der Waals surface area contributed by atoms with Crippen molar-refractivity contribution in [2.75, 3.05) is 38.6 Å². The zero-order valence-electron chi connectivity index (χ0n) is 18.4. The molecule has 0 aromatic heterocycles. The van der Waals surface area contributed by atoms with Gasteiger partial charge in [-0.15, -0.1) is 24.0 Å². The van der Waals surface area contributed by atoms with Crippen molar-refractivity contribution in [3.8, 4) is 0 Å². The van der Waals surface area contributed by atoms with E-state index in [0.29, 0.717) is 25.3 Å². The molecule has 5 nitrogen and oxygen atoms in total. The summed E-state index contributed by atoms with van der Waals surface area (Å²) < 4.78 is 27.3. The van der Waals surface area contributed by atoms with Crippen molar-refractivity contribution in [2.45, 2.75) is 32.5 Å². The molecule has 31 heavy (non-hydrogen) atoms. The topological polar surface area (TPSA) is 42.9 Å². The molecule has 1 fully saturated rings. The smallest absolute Gasteiger partial charge is 0.191 e. The summed E-state index contributed by atoms with van der Waals surface area (Å²) in [6.07, 6.45) is 0.860. The largest absolute Gasteiger partial charge is 0.367 e. The molecule has 1 unspecified atom stereocenters. The highest BCUT2D eigenvalue weighted by Gasteiger charge is 2.25. The lowest BCUT2D eigenvalue weighted by atomic mass is 10.1. The van der Waals surface area contributed by atoms with Gasteiger partial charge in [-0.05, 0) is 50.7 Å². The number of aliphatic imine (C=N–C) groups is 1. The maximum absolute atomic E-state index is 14.1. The second kappa shape index (κ2) is 12.2. The van der Waals surface area contributed by atoms with Crippen molar-refractivity contribution in [1.29, 1.82) is 0 Å². The Balaban J connectivity index is 0.00000341. The predicted molar refractivity (Wildman–Crippen MR) is 134 cm³/mol. The van der Waals surface area contributed by atoms with Crippen LogP contribution in [0.5, 0.6) is 0 Å². The van der Waals surface area contributed by atoms with E-state index in [4.69, 9.17) is 4.99 Å². The zero-order valence-corrected chi connectivity index (χ0v) is 20.7. The van der Waals surface area contributed by atoms with Gasteiger partial charge in [0.15, 0.2) is 5.96 Å². The molecule has 170 valence electrons. The fourth-order valence-electron chi connectivity index (χ4n) is 3.72. The van der Waals surface area contributed by atoms with Crippen LogP contribution >= 0.6 is 24.0 Å². The molecule has 8 heteroatoms. The van der Waals surface area contributed by atoms with Crippen LogP contribution in [-0.4, -0.2) is 50.6 Å². The van der Waals surface area contributed by atoms with E-state index in [2.05, 4.69) is 47.8 Å². The zero-order chi connectivity index (χ0) is 21.5. The molecule has 3 rings (SSSR count). The van der Waals surface area contributed by atoms with Crippen LogP contribution in [-0.2, 0) is 13.1 Å². The van der Waals surface area contributed by atoms with Crippen molar-refractivity contribution in [3.05, 3.63) is 65.2 Å². The van der Waals surface area contributed by atoms with E-state index in [-0.39, 0.29) is 30.0 Å². The highest BCUT2D eigenvalue weighted by atomic mass is 127. The van der Waals surface area contributed by atoms with E-state index in [9.17, 15) is 8.78 Å². The number of benzene rings is 2. The quantitative estimate of drug-likeness (QED) is 0.315. The molecule has 1 aliphatic rings. The Morgan fingerprint density at radius 1 is 1.16 bits per heavy atom. The van der Waals surface area contributed by atoms with Gasteiger partial charge in [0, 0.05) is 38.3 Å². The van der Waals surface area contributed by atoms with Crippen molar-refractivity contribution in [2.24, 2.45) is 4.99 Å². The highest BCUT2D eigenvalue weighted by Crippen LogP contribution is 2.24. The number of nitrogens with one attached hydrogen (secondary N) is 2. The summed E-state index contributed by atoms with van der Waals surface area (Å²) in [6.45, 7) is 5.61. The Morgan fingerprint density at radius 3 is 2.58 bits per heavy atom. The van der Waals surface area contributed by atoms with Gasteiger partial charge < -0.3 is 20.4 Å². The van der Waals surface area contributed by atoms with Crippen LogP contribution < -0.4 is 15.5 Å². The first kappa shape index (κ1) is 25.3. The standard InChI is InChI=1S/C23H31F2N5.HI/c1-4-26-23(27-14-17-7-5-6-8-18(17)15-29(2)3)28-20-11-12-30(16-20)22-10-9-19(24)13-21(22)25;/h5-10,13,20H,4,11-12,14-16H2,1-3H3,(H2,26,27,28);1H. The summed E-state index contributed by atoms with van der Waals surface area (Å²) in [6, 6.07) is 12.2. The number of hydrogen-bond acceptors (Lipinski definition) is 3. The predicted octanol–water partition coefficient (Wildman–Crippen LogP) is 3.98. The summed E-state index contributed by atoms with van der Waals surface area (Å²) in [4.78, 5) is 8.87. The molecule has 0 radical (unpaired) electrons. The maximum atomic E-state index is 14.1. The maximum Gasteiger partial charge on any atom is 0.191 e. The first-order valence-corrected chi connectivity index (χ1v) is 10.4. The third-order valence-electron chi connectivity index (χ3n) is 5.14. The van der Waals surface area contributed by atoms with Gasteiger partial charge >= 0.3 is 0 Å². The third kappa shape index (κ3) is 7.31. The van der Waals surface area contributed by atoms with E-state index in [1.807, 2.05) is 17.9 Å². The fourth-order valence-corrected chi connectivity index (χ4v) is 3.72. The summed E-state index contributed by atoms with van der Waals surface area (Å²) in [5.74, 6) is -0.321. The SMILES string of the molecule is CCNC(=NCc1ccccc1CN(C)C)NC1CCN(c2ccc(F)cc2F)C1.I. The van der Waals surface area contributed by atoms with Gasteiger partial charge in [0.2, 0.25) is 0 Å². The minimum absolute atomic E-state index is 0. The Bertz CT molecular complexity index is 875. The minimum atomic E-state index is -0.554. The molecule has 2 aromatic rings. The number of nitrogens with zero attached hydrogens (tertiary/aromatic N) is 3. The molecule has 2 aromatic carbocycles. The second-order valence-corrected chi connectivity index (χ2v) is 7.87. The van der Waals surface area contributed by atoms with Gasteiger partial charge in [0.1, 0.15) is 11.6 Å². The average molecular weight is 543 g/mol. The summed E-state index contributed by atoms with van der Waals surface area (Å²) in [7, 11) is 4.11. The van der Waals surface area contributed by atoms with E-state index in [1.54, 1.807) is 0 Å². The number of halogens is 3. The van der Waals surface area contributed by atoms with Crippen LogP contribution in [0.4, 0.5) is 14.5 Å². The number of rotatable bonds is 7. The molecule has 2 N–H and O–H groups in total. The molecule has 1 atom stereocenters. The summed E-state index contributed by atoms with van der Waals surface area (Å²) >= 11 is 0. The first-order valence-electron chi connectivity index (χ1n) is 10.4. The Hall–Kier alpha value is -1.94. The van der Waals surface area contributed by atoms with E-state index >= 15 is 0 Å². The van der Waals surface area contributed by atoms with Crippen LogP contribution in [0, 0.1) is 11.6 Å². The van der Waals surface area contributed by atoms with Crippen LogP contribution in [0.15, 0.2) is 47.5 Å². The highest BCUT2D eigenvalue weighted by molar-refractivity contribution is 14.0. The minimum Gasteiger partial charge on any atom is -0.367 e. The van der Waals surface area contributed by atoms with Gasteiger partial charge in [0.05, 0.1) is 12.2 Å². The van der Waals surface area contributed by atoms with Crippen LogP contribution in [0.2, 0.25) is 0 Å². The molecule has 0 spiro atoms. The summed E-state index contributed by atoms with van der Waals surface area (Å²) in [5.41, 5.74) is 2.91. The van der Waals surface area contributed by atoms with Crippen LogP contribution in [0.1, 0.15) is 24.5 Å². The molecule has 1 aliphatic heterocycles. The monoisotopic (exact) mass is 543 g/mol. The lowest BCUT2D eigenvalue weighted by Crippen LogP contribution is -2.44. The van der Waals surface area contributed by atoms with Crippen molar-refractivity contribution < 1.29 is 8.78 Å². The normalized spacial score (nSPS) is 16.4. The van der Waals surface area contributed by atoms with E-state index < -0.39 is 11.6 Å². The van der Waals surface area contributed by atoms with Crippen LogP contribution in [0.25, 0.3) is 0 Å². The molecule has 0 saturated carbocycles. The number of guanidine groups is 1. The lowest BCUT2D eigenvalue weighted by Gasteiger charge is -2.21. The van der Waals surface area contributed by atoms with Crippen molar-refractivity contribution >= 4 is 35.6 Å². The van der Waals surface area contributed by atoms with Crippen molar-refractivity contribution in [1.82, 2.24) is 15.5 Å². The fraction of sp³-hybridized carbons (Fsp3) is 0.435. The molecule has 1 saturated heterocycles. The molecular formula is C23H32F2IN5. The average Bonchev–Trinajstić information content (AvgIpc) is 3.15. The molecule has 1 heterocycles. The first-order chi connectivity index (χ1) is 14.5. The molecule has 0 bridgehead atoms.